The first-order valence-electron chi connectivity index (χ1n) is 10.3. The van der Waals surface area contributed by atoms with Crippen molar-refractivity contribution in [2.45, 2.75) is 38.1 Å². The minimum absolute atomic E-state index is 0.104. The monoisotopic (exact) mass is 452 g/mol. The number of anilines is 1. The number of allylic oxidation sites excluding steroid dienone is 1. The van der Waals surface area contributed by atoms with Gasteiger partial charge in [0, 0.05) is 12.2 Å². The summed E-state index contributed by atoms with van der Waals surface area (Å²) in [5.74, 6) is 2.48. The minimum Gasteiger partial charge on any atom is -0.493 e. The summed E-state index contributed by atoms with van der Waals surface area (Å²) < 4.78 is 13.1. The molecule has 32 heavy (non-hydrogen) atoms. The molecule has 1 amide bonds. The van der Waals surface area contributed by atoms with E-state index in [1.807, 2.05) is 53.1 Å². The fourth-order valence-corrected chi connectivity index (χ4v) is 3.77. The number of para-hydroxylation sites is 2. The molecule has 0 aliphatic heterocycles. The molecule has 0 fully saturated rings. The molecule has 0 radical (unpaired) electrons. The number of nitrogens with zero attached hydrogens (tertiary/aromatic N) is 3. The Hall–Kier alpha value is -3.26. The lowest BCUT2D eigenvalue weighted by Crippen LogP contribution is -2.15. The van der Waals surface area contributed by atoms with Crippen LogP contribution in [0.5, 0.6) is 11.5 Å². The second kappa shape index (κ2) is 11.4. The molecule has 1 heterocycles. The predicted octanol–water partition coefficient (Wildman–Crippen LogP) is 4.91. The Kier molecular flexibility index (Phi) is 8.33. The van der Waals surface area contributed by atoms with Gasteiger partial charge in [0.15, 0.2) is 22.5 Å². The van der Waals surface area contributed by atoms with Gasteiger partial charge in [-0.25, -0.2) is 0 Å². The molecule has 2 aromatic carbocycles. The van der Waals surface area contributed by atoms with Crippen LogP contribution in [0.25, 0.3) is 0 Å². The van der Waals surface area contributed by atoms with Crippen LogP contribution in [0.2, 0.25) is 0 Å². The molecule has 3 aromatic rings. The zero-order valence-corrected chi connectivity index (χ0v) is 19.4. The largest absolute Gasteiger partial charge is 0.493 e. The Bertz CT molecular complexity index is 1050. The fraction of sp³-hybridized carbons (Fsp3) is 0.292. The van der Waals surface area contributed by atoms with Gasteiger partial charge in [-0.2, -0.15) is 0 Å². The highest BCUT2D eigenvalue weighted by Gasteiger charge is 2.15. The van der Waals surface area contributed by atoms with Gasteiger partial charge < -0.3 is 14.8 Å². The maximum atomic E-state index is 12.4. The van der Waals surface area contributed by atoms with Gasteiger partial charge in [-0.15, -0.1) is 16.8 Å². The van der Waals surface area contributed by atoms with Crippen molar-refractivity contribution in [1.82, 2.24) is 14.8 Å². The minimum atomic E-state index is -0.104. The summed E-state index contributed by atoms with van der Waals surface area (Å²) in [6, 6.07) is 15.3. The maximum Gasteiger partial charge on any atom is 0.234 e. The number of carbonyl (C=O) groups is 1. The number of methoxy groups -OCH3 is 1. The maximum absolute atomic E-state index is 12.4. The third kappa shape index (κ3) is 6.13. The molecule has 0 aliphatic rings. The van der Waals surface area contributed by atoms with Crippen molar-refractivity contribution in [3.8, 4) is 11.5 Å². The van der Waals surface area contributed by atoms with Crippen molar-refractivity contribution in [3.05, 3.63) is 72.6 Å². The number of benzene rings is 2. The fourth-order valence-electron chi connectivity index (χ4n) is 3.00. The summed E-state index contributed by atoms with van der Waals surface area (Å²) >= 11 is 1.32. The summed E-state index contributed by atoms with van der Waals surface area (Å²) in [6.07, 6.45) is 1.76. The Balaban J connectivity index is 1.60. The molecule has 0 aliphatic carbocycles. The van der Waals surface area contributed by atoms with Crippen molar-refractivity contribution in [2.24, 2.45) is 0 Å². The average Bonchev–Trinajstić information content (AvgIpc) is 3.18. The quantitative estimate of drug-likeness (QED) is 0.329. The Morgan fingerprint density at radius 2 is 1.88 bits per heavy atom. The highest BCUT2D eigenvalue weighted by Crippen LogP contribution is 2.27. The highest BCUT2D eigenvalue weighted by atomic mass is 32.2. The molecule has 0 spiro atoms. The first-order valence-corrected chi connectivity index (χ1v) is 11.3. The Morgan fingerprint density at radius 3 is 2.53 bits per heavy atom. The molecule has 0 unspecified atom stereocenters. The highest BCUT2D eigenvalue weighted by molar-refractivity contribution is 7.99. The number of nitrogens with one attached hydrogen (secondary N) is 1. The van der Waals surface area contributed by atoms with Gasteiger partial charge >= 0.3 is 0 Å². The summed E-state index contributed by atoms with van der Waals surface area (Å²) in [5.41, 5.74) is 2.01. The molecular formula is C24H28N4O3S. The zero-order chi connectivity index (χ0) is 22.9. The zero-order valence-electron chi connectivity index (χ0n) is 18.6. The molecule has 168 valence electrons. The number of ether oxygens (including phenoxy) is 2. The van der Waals surface area contributed by atoms with E-state index in [2.05, 4.69) is 35.9 Å². The van der Waals surface area contributed by atoms with Crippen LogP contribution in [-0.4, -0.2) is 33.5 Å². The third-order valence-electron chi connectivity index (χ3n) is 4.72. The SMILES string of the molecule is C=CCn1c(COc2ccccc2OC)nnc1SCC(=O)Nc1ccc(C(C)C)cc1. The van der Waals surface area contributed by atoms with E-state index in [4.69, 9.17) is 9.47 Å². The molecule has 3 rings (SSSR count). The molecule has 7 nitrogen and oxygen atoms in total. The average molecular weight is 453 g/mol. The summed E-state index contributed by atoms with van der Waals surface area (Å²) in [5, 5.41) is 12.0. The predicted molar refractivity (Wildman–Crippen MR) is 127 cm³/mol. The van der Waals surface area contributed by atoms with Crippen LogP contribution in [0.3, 0.4) is 0 Å². The summed E-state index contributed by atoms with van der Waals surface area (Å²) in [4.78, 5) is 12.4. The van der Waals surface area contributed by atoms with Crippen molar-refractivity contribution in [1.29, 1.82) is 0 Å². The first-order chi connectivity index (χ1) is 15.5. The molecule has 0 saturated heterocycles. The number of rotatable bonds is 11. The van der Waals surface area contributed by atoms with Crippen LogP contribution in [0.1, 0.15) is 31.2 Å². The lowest BCUT2D eigenvalue weighted by molar-refractivity contribution is -0.113. The Labute approximate surface area is 192 Å². The number of thioether (sulfide) groups is 1. The summed E-state index contributed by atoms with van der Waals surface area (Å²) in [7, 11) is 1.60. The van der Waals surface area contributed by atoms with Gasteiger partial charge in [0.25, 0.3) is 0 Å². The standard InChI is InChI=1S/C24H28N4O3S/c1-5-14-28-22(15-31-21-9-7-6-8-20(21)30-4)26-27-24(28)32-16-23(29)25-19-12-10-18(11-13-19)17(2)3/h5-13,17H,1,14-16H2,2-4H3,(H,25,29). The second-order valence-electron chi connectivity index (χ2n) is 7.35. The van der Waals surface area contributed by atoms with Crippen molar-refractivity contribution >= 4 is 23.4 Å². The van der Waals surface area contributed by atoms with Crippen molar-refractivity contribution in [3.63, 3.8) is 0 Å². The molecular weight excluding hydrogens is 424 g/mol. The molecule has 8 heteroatoms. The van der Waals surface area contributed by atoms with E-state index in [1.54, 1.807) is 13.2 Å². The smallest absolute Gasteiger partial charge is 0.234 e. The van der Waals surface area contributed by atoms with Crippen LogP contribution in [0.4, 0.5) is 5.69 Å². The van der Waals surface area contributed by atoms with Crippen LogP contribution >= 0.6 is 11.8 Å². The molecule has 1 N–H and O–H groups in total. The van der Waals surface area contributed by atoms with Gasteiger partial charge in [0.2, 0.25) is 5.91 Å². The normalized spacial score (nSPS) is 10.8. The van der Waals surface area contributed by atoms with Gasteiger partial charge in [-0.05, 0) is 35.7 Å². The van der Waals surface area contributed by atoms with E-state index in [-0.39, 0.29) is 18.3 Å². The molecule has 0 atom stereocenters. The number of hydrogen-bond donors (Lipinski definition) is 1. The van der Waals surface area contributed by atoms with E-state index in [0.29, 0.717) is 34.9 Å². The van der Waals surface area contributed by atoms with Gasteiger partial charge in [0.1, 0.15) is 6.61 Å². The third-order valence-corrected chi connectivity index (χ3v) is 5.69. The van der Waals surface area contributed by atoms with Gasteiger partial charge in [-0.3, -0.25) is 9.36 Å². The van der Waals surface area contributed by atoms with E-state index >= 15 is 0 Å². The second-order valence-corrected chi connectivity index (χ2v) is 8.29. The van der Waals surface area contributed by atoms with Crippen LogP contribution < -0.4 is 14.8 Å². The number of hydrogen-bond acceptors (Lipinski definition) is 6. The Morgan fingerprint density at radius 1 is 1.16 bits per heavy atom. The topological polar surface area (TPSA) is 78.3 Å². The van der Waals surface area contributed by atoms with Crippen LogP contribution in [0.15, 0.2) is 66.3 Å². The van der Waals surface area contributed by atoms with Crippen molar-refractivity contribution in [2.75, 3.05) is 18.2 Å². The lowest BCUT2D eigenvalue weighted by Gasteiger charge is -2.11. The first kappa shape index (κ1) is 23.4. The van der Waals surface area contributed by atoms with Crippen molar-refractivity contribution < 1.29 is 14.3 Å². The van der Waals surface area contributed by atoms with E-state index in [0.717, 1.165) is 5.69 Å². The molecule has 1 aromatic heterocycles. The number of carbonyl (C=O) groups excluding carboxylic acids is 1. The van der Waals surface area contributed by atoms with E-state index in [1.165, 1.54) is 17.3 Å². The van der Waals surface area contributed by atoms with E-state index < -0.39 is 0 Å². The number of aromatic nitrogens is 3. The molecule has 0 bridgehead atoms. The lowest BCUT2D eigenvalue weighted by atomic mass is 10.0. The van der Waals surface area contributed by atoms with E-state index in [9.17, 15) is 4.79 Å². The number of amides is 1. The van der Waals surface area contributed by atoms with Crippen LogP contribution in [0, 0.1) is 0 Å². The molecule has 0 saturated carbocycles. The van der Waals surface area contributed by atoms with Gasteiger partial charge in [0.05, 0.1) is 12.9 Å². The van der Waals surface area contributed by atoms with Gasteiger partial charge in [-0.1, -0.05) is 56.0 Å². The summed E-state index contributed by atoms with van der Waals surface area (Å²) in [6.45, 7) is 8.82. The van der Waals surface area contributed by atoms with Crippen LogP contribution in [-0.2, 0) is 17.9 Å².